The number of carbonyl (C=O) groups is 1. The van der Waals surface area contributed by atoms with Gasteiger partial charge in [-0.2, -0.15) is 0 Å². The topological polar surface area (TPSA) is 95.6 Å². The number of nitrogens with one attached hydrogen (secondary N) is 1. The van der Waals surface area contributed by atoms with Crippen LogP contribution in [0.1, 0.15) is 24.2 Å². The van der Waals surface area contributed by atoms with Gasteiger partial charge in [0.25, 0.3) is 5.91 Å². The molecule has 0 aliphatic heterocycles. The molecule has 0 fully saturated rings. The molecule has 0 aliphatic carbocycles. The van der Waals surface area contributed by atoms with Gasteiger partial charge in [0.15, 0.2) is 11.5 Å². The highest BCUT2D eigenvalue weighted by atomic mass is 16.3. The van der Waals surface area contributed by atoms with Crippen molar-refractivity contribution in [2.45, 2.75) is 13.8 Å². The zero-order valence-electron chi connectivity index (χ0n) is 10.0. The maximum absolute atomic E-state index is 11.8. The molecule has 1 aromatic carbocycles. The lowest BCUT2D eigenvalue weighted by Gasteiger charge is -2.22. The first-order chi connectivity index (χ1) is 7.87. The number of para-hydroxylation sites is 1. The first-order valence-electron chi connectivity index (χ1n) is 5.36. The largest absolute Gasteiger partial charge is 0.504 e. The van der Waals surface area contributed by atoms with Gasteiger partial charge in [-0.15, -0.1) is 0 Å². The van der Waals surface area contributed by atoms with E-state index in [1.165, 1.54) is 18.2 Å². The molecule has 0 radical (unpaired) electrons. The molecule has 5 nitrogen and oxygen atoms in total. The fourth-order valence-electron chi connectivity index (χ4n) is 1.20. The molecular weight excluding hydrogens is 220 g/mol. The van der Waals surface area contributed by atoms with Crippen LogP contribution in [0.3, 0.4) is 0 Å². The predicted octanol–water partition coefficient (Wildman–Crippen LogP) is 0.812. The van der Waals surface area contributed by atoms with E-state index in [-0.39, 0.29) is 16.7 Å². The Labute approximate surface area is 100 Å². The second-order valence-electron chi connectivity index (χ2n) is 4.72. The summed E-state index contributed by atoms with van der Waals surface area (Å²) in [4.78, 5) is 11.8. The number of aromatic hydroxyl groups is 2. The number of carbonyl (C=O) groups excluding carboxylic acids is 1. The standard InChI is InChI=1S/C12H18N2O3/c1-12(2,6-13)7-14-11(17)8-4-3-5-9(15)10(8)16/h3-5,15-16H,6-7,13H2,1-2H3,(H,14,17). The van der Waals surface area contributed by atoms with E-state index in [1.807, 2.05) is 13.8 Å². The normalized spacial score (nSPS) is 11.2. The third-order valence-electron chi connectivity index (χ3n) is 2.54. The summed E-state index contributed by atoms with van der Waals surface area (Å²) in [6.07, 6.45) is 0. The molecule has 5 heteroatoms. The lowest BCUT2D eigenvalue weighted by Crippen LogP contribution is -2.38. The Morgan fingerprint density at radius 3 is 2.65 bits per heavy atom. The average Bonchev–Trinajstić information content (AvgIpc) is 2.30. The van der Waals surface area contributed by atoms with E-state index in [0.29, 0.717) is 13.1 Å². The Bertz CT molecular complexity index is 416. The third-order valence-corrected chi connectivity index (χ3v) is 2.54. The summed E-state index contributed by atoms with van der Waals surface area (Å²) in [6, 6.07) is 4.26. The zero-order valence-corrected chi connectivity index (χ0v) is 10.0. The SMILES string of the molecule is CC(C)(CN)CNC(=O)c1cccc(O)c1O. The number of phenolic OH excluding ortho intramolecular Hbond substituents is 2. The van der Waals surface area contributed by atoms with Gasteiger partial charge in [0.05, 0.1) is 5.56 Å². The van der Waals surface area contributed by atoms with Gasteiger partial charge < -0.3 is 21.3 Å². The Morgan fingerprint density at radius 2 is 2.06 bits per heavy atom. The first kappa shape index (κ1) is 13.3. The smallest absolute Gasteiger partial charge is 0.255 e. The van der Waals surface area contributed by atoms with Gasteiger partial charge in [-0.3, -0.25) is 4.79 Å². The van der Waals surface area contributed by atoms with Crippen LogP contribution in [0.15, 0.2) is 18.2 Å². The molecule has 0 aromatic heterocycles. The number of hydrogen-bond donors (Lipinski definition) is 4. The van der Waals surface area contributed by atoms with Gasteiger partial charge in [0.1, 0.15) is 0 Å². The van der Waals surface area contributed by atoms with E-state index in [1.54, 1.807) is 0 Å². The second kappa shape index (κ2) is 5.05. The van der Waals surface area contributed by atoms with Crippen LogP contribution < -0.4 is 11.1 Å². The number of rotatable bonds is 4. The minimum absolute atomic E-state index is 0.0535. The van der Waals surface area contributed by atoms with Crippen LogP contribution in [0.5, 0.6) is 11.5 Å². The number of amides is 1. The van der Waals surface area contributed by atoms with Crippen LogP contribution in [0.4, 0.5) is 0 Å². The molecule has 0 spiro atoms. The highest BCUT2D eigenvalue weighted by Gasteiger charge is 2.19. The Morgan fingerprint density at radius 1 is 1.41 bits per heavy atom. The predicted molar refractivity (Wildman–Crippen MR) is 64.9 cm³/mol. The second-order valence-corrected chi connectivity index (χ2v) is 4.72. The molecule has 17 heavy (non-hydrogen) atoms. The van der Waals surface area contributed by atoms with Crippen LogP contribution in [-0.4, -0.2) is 29.2 Å². The summed E-state index contributed by atoms with van der Waals surface area (Å²) in [5.74, 6) is -1.15. The lowest BCUT2D eigenvalue weighted by molar-refractivity contribution is 0.0934. The fourth-order valence-corrected chi connectivity index (χ4v) is 1.20. The molecule has 0 heterocycles. The van der Waals surface area contributed by atoms with Gasteiger partial charge in [0.2, 0.25) is 0 Å². The van der Waals surface area contributed by atoms with Gasteiger partial charge in [-0.25, -0.2) is 0 Å². The highest BCUT2D eigenvalue weighted by Crippen LogP contribution is 2.28. The van der Waals surface area contributed by atoms with Crippen LogP contribution >= 0.6 is 0 Å². The van der Waals surface area contributed by atoms with Crippen molar-refractivity contribution in [1.82, 2.24) is 5.32 Å². The van der Waals surface area contributed by atoms with Crippen molar-refractivity contribution >= 4 is 5.91 Å². The molecule has 0 aliphatic rings. The molecule has 94 valence electrons. The van der Waals surface area contributed by atoms with E-state index in [4.69, 9.17) is 5.73 Å². The van der Waals surface area contributed by atoms with Crippen LogP contribution in [-0.2, 0) is 0 Å². The molecule has 0 saturated carbocycles. The van der Waals surface area contributed by atoms with Crippen LogP contribution in [0.25, 0.3) is 0 Å². The van der Waals surface area contributed by atoms with Crippen molar-refractivity contribution in [2.24, 2.45) is 11.1 Å². The Balaban J connectivity index is 2.74. The fraction of sp³-hybridized carbons (Fsp3) is 0.417. The molecule has 1 amide bonds. The van der Waals surface area contributed by atoms with Gasteiger partial charge in [-0.05, 0) is 24.1 Å². The van der Waals surface area contributed by atoms with Gasteiger partial charge >= 0.3 is 0 Å². The maximum atomic E-state index is 11.8. The van der Waals surface area contributed by atoms with E-state index in [2.05, 4.69) is 5.32 Å². The quantitative estimate of drug-likeness (QED) is 0.584. The Hall–Kier alpha value is -1.75. The third kappa shape index (κ3) is 3.35. The highest BCUT2D eigenvalue weighted by molar-refractivity contribution is 5.97. The molecule has 0 bridgehead atoms. The van der Waals surface area contributed by atoms with Crippen molar-refractivity contribution in [2.75, 3.05) is 13.1 Å². The number of phenols is 2. The van der Waals surface area contributed by atoms with Gasteiger partial charge in [0, 0.05) is 6.54 Å². The molecular formula is C12H18N2O3. The van der Waals surface area contributed by atoms with Crippen LogP contribution in [0, 0.1) is 5.41 Å². The minimum atomic E-state index is -0.431. The van der Waals surface area contributed by atoms with Crippen molar-refractivity contribution in [3.63, 3.8) is 0 Å². The van der Waals surface area contributed by atoms with E-state index in [0.717, 1.165) is 0 Å². The first-order valence-corrected chi connectivity index (χ1v) is 5.36. The molecule has 0 atom stereocenters. The molecule has 1 aromatic rings. The Kier molecular flexibility index (Phi) is 3.96. The average molecular weight is 238 g/mol. The monoisotopic (exact) mass is 238 g/mol. The van der Waals surface area contributed by atoms with E-state index >= 15 is 0 Å². The van der Waals surface area contributed by atoms with Crippen LogP contribution in [0.2, 0.25) is 0 Å². The molecule has 0 unspecified atom stereocenters. The number of nitrogens with two attached hydrogens (primary N) is 1. The van der Waals surface area contributed by atoms with E-state index in [9.17, 15) is 15.0 Å². The lowest BCUT2D eigenvalue weighted by atomic mass is 9.94. The summed E-state index contributed by atoms with van der Waals surface area (Å²) in [6.45, 7) is 4.70. The summed E-state index contributed by atoms with van der Waals surface area (Å²) < 4.78 is 0. The van der Waals surface area contributed by atoms with Crippen molar-refractivity contribution in [1.29, 1.82) is 0 Å². The number of hydrogen-bond acceptors (Lipinski definition) is 4. The molecule has 0 saturated heterocycles. The zero-order chi connectivity index (χ0) is 13.1. The molecule has 1 rings (SSSR count). The van der Waals surface area contributed by atoms with Crippen molar-refractivity contribution < 1.29 is 15.0 Å². The van der Waals surface area contributed by atoms with Crippen molar-refractivity contribution in [3.05, 3.63) is 23.8 Å². The van der Waals surface area contributed by atoms with Crippen molar-refractivity contribution in [3.8, 4) is 11.5 Å². The maximum Gasteiger partial charge on any atom is 0.255 e. The molecule has 5 N–H and O–H groups in total. The summed E-state index contributed by atoms with van der Waals surface area (Å²) in [5, 5.41) is 21.5. The van der Waals surface area contributed by atoms with E-state index < -0.39 is 11.7 Å². The summed E-state index contributed by atoms with van der Waals surface area (Å²) in [5.41, 5.74) is 5.39. The summed E-state index contributed by atoms with van der Waals surface area (Å²) >= 11 is 0. The van der Waals surface area contributed by atoms with Gasteiger partial charge in [-0.1, -0.05) is 19.9 Å². The minimum Gasteiger partial charge on any atom is -0.504 e. The summed E-state index contributed by atoms with van der Waals surface area (Å²) in [7, 11) is 0. The number of benzene rings is 1.